The zero-order valence-corrected chi connectivity index (χ0v) is 34.8. The van der Waals surface area contributed by atoms with Gasteiger partial charge in [0.25, 0.3) is 0 Å². The Balaban J connectivity index is 0.000000188. The Hall–Kier alpha value is -6.64. The molecule has 2 atom stereocenters. The van der Waals surface area contributed by atoms with E-state index in [4.69, 9.17) is 37.6 Å². The lowest BCUT2D eigenvalue weighted by Gasteiger charge is -2.20. The molecule has 0 aliphatic heterocycles. The van der Waals surface area contributed by atoms with Crippen molar-refractivity contribution in [1.29, 1.82) is 0 Å². The van der Waals surface area contributed by atoms with Crippen molar-refractivity contribution in [2.45, 2.75) is 77.1 Å². The summed E-state index contributed by atoms with van der Waals surface area (Å²) in [6, 6.07) is 29.5. The van der Waals surface area contributed by atoms with Crippen molar-refractivity contribution in [3.63, 3.8) is 0 Å². The minimum Gasteiger partial charge on any atom is -0.493 e. The third-order valence-corrected chi connectivity index (χ3v) is 9.50. The normalized spacial score (nSPS) is 14.5. The number of carbonyl (C=O) groups is 2. The number of ether oxygens (including phenoxy) is 5. The van der Waals surface area contributed by atoms with E-state index in [9.17, 15) is 19.8 Å². The number of carboxylic acids is 1. The van der Waals surface area contributed by atoms with Gasteiger partial charge >= 0.3 is 11.9 Å². The van der Waals surface area contributed by atoms with Crippen molar-refractivity contribution in [3.05, 3.63) is 121 Å². The molecule has 2 aromatic heterocycles. The number of aliphatic hydroxyl groups is 2. The highest BCUT2D eigenvalue weighted by Gasteiger charge is 2.24. The second kappa shape index (κ2) is 19.8. The second-order valence-electron chi connectivity index (χ2n) is 16.3. The molecule has 2 aliphatic rings. The number of rotatable bonds is 18. The highest BCUT2D eigenvalue weighted by molar-refractivity contribution is 5.70. The molecule has 2 unspecified atom stereocenters. The average Bonchev–Trinajstić information content (AvgIpc) is 4.15. The van der Waals surface area contributed by atoms with Crippen molar-refractivity contribution >= 4 is 11.9 Å². The van der Waals surface area contributed by atoms with Crippen molar-refractivity contribution in [2.75, 3.05) is 13.2 Å². The number of hydrogen-bond acceptors (Lipinski definition) is 13. The lowest BCUT2D eigenvalue weighted by Crippen LogP contribution is -2.24. The Morgan fingerprint density at radius 3 is 1.45 bits per heavy atom. The number of nitrogens with zero attached hydrogens (tertiary/aromatic N) is 2. The van der Waals surface area contributed by atoms with Crippen LogP contribution in [-0.2, 0) is 14.3 Å². The quantitative estimate of drug-likeness (QED) is 0.0692. The Kier molecular flexibility index (Phi) is 13.9. The standard InChI is InChI=1S/C26H29NO6.C22H21NO6/c1-26(2,3)33-24(29)14-22(28)23-15-27-25(32-23)18-9-11-19(12-10-18)31-21-6-4-5-20(13-21)30-16-17-7-8-17;24-19(11-21(25)26)20-12-23-22(29-20)15-6-8-16(9-7-15)28-18-3-1-2-17(10-18)27-13-14-4-5-14/h4-6,9-13,15,17,22,28H,7-8,14,16H2,1-3H3;1-3,6-10,12,14,19,24H,4-5,11,13H2,(H,25,26). The smallest absolute Gasteiger partial charge is 0.309 e. The van der Waals surface area contributed by atoms with Crippen molar-refractivity contribution in [2.24, 2.45) is 11.8 Å². The summed E-state index contributed by atoms with van der Waals surface area (Å²) in [6.45, 7) is 6.82. The minimum atomic E-state index is -1.23. The molecule has 0 spiro atoms. The molecule has 14 nitrogen and oxygen atoms in total. The van der Waals surface area contributed by atoms with Gasteiger partial charge in [0.2, 0.25) is 11.8 Å². The molecule has 0 radical (unpaired) electrons. The molecule has 324 valence electrons. The van der Waals surface area contributed by atoms with Crippen LogP contribution in [0.25, 0.3) is 22.9 Å². The Morgan fingerprint density at radius 2 is 1.05 bits per heavy atom. The first-order valence-corrected chi connectivity index (χ1v) is 20.6. The molecule has 8 rings (SSSR count). The summed E-state index contributed by atoms with van der Waals surface area (Å²) in [5.41, 5.74) is 0.797. The summed E-state index contributed by atoms with van der Waals surface area (Å²) in [5.74, 6) is 5.00. The molecule has 2 saturated carbocycles. The van der Waals surface area contributed by atoms with Crippen LogP contribution >= 0.6 is 0 Å². The van der Waals surface area contributed by atoms with Crippen LogP contribution in [0.3, 0.4) is 0 Å². The fourth-order valence-corrected chi connectivity index (χ4v) is 5.91. The first kappa shape index (κ1) is 43.4. The fourth-order valence-electron chi connectivity index (χ4n) is 5.91. The van der Waals surface area contributed by atoms with E-state index in [-0.39, 0.29) is 17.9 Å². The zero-order chi connectivity index (χ0) is 43.6. The van der Waals surface area contributed by atoms with Gasteiger partial charge < -0.3 is 47.8 Å². The SMILES string of the molecule is CC(C)(C)OC(=O)CC(O)c1cnc(-c2ccc(Oc3cccc(OCC4CC4)c3)cc2)o1.O=C(O)CC(O)c1cnc(-c2ccc(Oc3cccc(OCC4CC4)c3)cc2)o1. The van der Waals surface area contributed by atoms with Crippen LogP contribution in [0, 0.1) is 11.8 Å². The number of aliphatic hydroxyl groups excluding tert-OH is 2. The van der Waals surface area contributed by atoms with Gasteiger partial charge in [0.15, 0.2) is 11.5 Å². The molecule has 2 aliphatic carbocycles. The molecular weight excluding hydrogens is 797 g/mol. The topological polar surface area (TPSA) is 193 Å². The summed E-state index contributed by atoms with van der Waals surface area (Å²) >= 11 is 0. The van der Waals surface area contributed by atoms with Crippen molar-refractivity contribution in [1.82, 2.24) is 9.97 Å². The maximum absolute atomic E-state index is 11.9. The molecule has 6 aromatic rings. The van der Waals surface area contributed by atoms with Gasteiger partial charge in [0.1, 0.15) is 52.3 Å². The Bertz CT molecular complexity index is 2390. The number of esters is 1. The average molecular weight is 847 g/mol. The van der Waals surface area contributed by atoms with E-state index in [0.29, 0.717) is 52.2 Å². The van der Waals surface area contributed by atoms with E-state index in [2.05, 4.69) is 9.97 Å². The molecule has 0 saturated heterocycles. The van der Waals surface area contributed by atoms with E-state index < -0.39 is 36.2 Å². The third-order valence-electron chi connectivity index (χ3n) is 9.50. The highest BCUT2D eigenvalue weighted by Crippen LogP contribution is 2.34. The monoisotopic (exact) mass is 846 g/mol. The number of carboxylic acid groups (broad SMARTS) is 1. The Morgan fingerprint density at radius 1 is 0.629 bits per heavy atom. The summed E-state index contributed by atoms with van der Waals surface area (Å²) in [5, 5.41) is 28.8. The molecule has 2 heterocycles. The van der Waals surface area contributed by atoms with Gasteiger partial charge in [0, 0.05) is 23.3 Å². The fraction of sp³-hybridized carbons (Fsp3) is 0.333. The van der Waals surface area contributed by atoms with E-state index in [1.54, 1.807) is 45.0 Å². The van der Waals surface area contributed by atoms with Crippen LogP contribution in [-0.4, -0.2) is 56.0 Å². The molecule has 0 bridgehead atoms. The first-order chi connectivity index (χ1) is 29.8. The molecule has 4 aromatic carbocycles. The van der Waals surface area contributed by atoms with Gasteiger partial charge in [-0.15, -0.1) is 0 Å². The first-order valence-electron chi connectivity index (χ1n) is 20.6. The van der Waals surface area contributed by atoms with Gasteiger partial charge in [-0.2, -0.15) is 0 Å². The van der Waals surface area contributed by atoms with E-state index in [0.717, 1.165) is 30.3 Å². The van der Waals surface area contributed by atoms with Crippen LogP contribution in [0.4, 0.5) is 0 Å². The van der Waals surface area contributed by atoms with Gasteiger partial charge in [0.05, 0.1) is 38.4 Å². The van der Waals surface area contributed by atoms with E-state index in [1.165, 1.54) is 38.1 Å². The number of aliphatic carboxylic acids is 1. The molecule has 2 fully saturated rings. The van der Waals surface area contributed by atoms with Gasteiger partial charge in [-0.05, 0) is 131 Å². The predicted octanol–water partition coefficient (Wildman–Crippen LogP) is 10.1. The maximum Gasteiger partial charge on any atom is 0.309 e. The third kappa shape index (κ3) is 13.4. The zero-order valence-electron chi connectivity index (χ0n) is 34.8. The van der Waals surface area contributed by atoms with E-state index in [1.807, 2.05) is 72.8 Å². The maximum atomic E-state index is 11.9. The number of aromatic nitrogens is 2. The highest BCUT2D eigenvalue weighted by atomic mass is 16.6. The molecule has 3 N–H and O–H groups in total. The van der Waals surface area contributed by atoms with Crippen LogP contribution in [0.15, 0.2) is 118 Å². The van der Waals surface area contributed by atoms with Crippen LogP contribution in [0.2, 0.25) is 0 Å². The molecule has 0 amide bonds. The lowest BCUT2D eigenvalue weighted by atomic mass is 10.2. The lowest BCUT2D eigenvalue weighted by molar-refractivity contribution is -0.157. The van der Waals surface area contributed by atoms with Crippen LogP contribution in [0.1, 0.15) is 83.0 Å². The van der Waals surface area contributed by atoms with E-state index >= 15 is 0 Å². The van der Waals surface area contributed by atoms with Gasteiger partial charge in [-0.25, -0.2) is 9.97 Å². The van der Waals surface area contributed by atoms with Crippen molar-refractivity contribution < 1.29 is 57.4 Å². The number of benzene rings is 4. The van der Waals surface area contributed by atoms with Crippen LogP contribution < -0.4 is 18.9 Å². The van der Waals surface area contributed by atoms with Gasteiger partial charge in [-0.3, -0.25) is 9.59 Å². The molecule has 62 heavy (non-hydrogen) atoms. The summed E-state index contributed by atoms with van der Waals surface area (Å²) in [7, 11) is 0. The summed E-state index contributed by atoms with van der Waals surface area (Å²) < 4.78 is 39.8. The Labute approximate surface area is 359 Å². The number of oxazole rings is 2. The number of carbonyl (C=O) groups excluding carboxylic acids is 1. The minimum absolute atomic E-state index is 0.116. The largest absolute Gasteiger partial charge is 0.493 e. The van der Waals surface area contributed by atoms with Crippen molar-refractivity contribution in [3.8, 4) is 57.4 Å². The summed E-state index contributed by atoms with van der Waals surface area (Å²) in [4.78, 5) is 30.9. The summed E-state index contributed by atoms with van der Waals surface area (Å²) in [6.07, 6.45) is 4.73. The number of hydrogen-bond donors (Lipinski definition) is 3. The predicted molar refractivity (Wildman–Crippen MR) is 226 cm³/mol. The van der Waals surface area contributed by atoms with Crippen LogP contribution in [0.5, 0.6) is 34.5 Å². The van der Waals surface area contributed by atoms with Gasteiger partial charge in [-0.1, -0.05) is 12.1 Å². The molecule has 14 heteroatoms. The second-order valence-corrected chi connectivity index (χ2v) is 16.3. The molecular formula is C48H50N2O12.